The molecule has 2 aromatic heterocycles. The zero-order valence-electron chi connectivity index (χ0n) is 12.9. The van der Waals surface area contributed by atoms with E-state index < -0.39 is 25.5 Å². The average Bonchev–Trinajstić information content (AvgIpc) is 2.93. The van der Waals surface area contributed by atoms with Crippen LogP contribution < -0.4 is 13.5 Å². The molecular weight excluding hydrogens is 410 g/mol. The third kappa shape index (κ3) is 2.04. The van der Waals surface area contributed by atoms with Crippen LogP contribution in [0.5, 0.6) is 0 Å². The summed E-state index contributed by atoms with van der Waals surface area (Å²) in [5, 5.41) is 2.33. The Labute approximate surface area is 133 Å². The molecule has 2 aromatic rings. The Morgan fingerprint density at radius 3 is 2.15 bits per heavy atom. The van der Waals surface area contributed by atoms with Gasteiger partial charge in [-0.2, -0.15) is 0 Å². The van der Waals surface area contributed by atoms with E-state index in [1.54, 1.807) is 2.89 Å². The van der Waals surface area contributed by atoms with E-state index in [1.807, 2.05) is 22.7 Å². The molecule has 0 N–H and O–H groups in total. The van der Waals surface area contributed by atoms with Crippen molar-refractivity contribution >= 4 is 61.7 Å². The Balaban J connectivity index is 2.32. The van der Waals surface area contributed by atoms with E-state index in [-0.39, 0.29) is 5.66 Å². The first-order valence-corrected chi connectivity index (χ1v) is 20.4. The molecule has 0 aliphatic carbocycles. The Kier molecular flexibility index (Phi) is 3.61. The fourth-order valence-electron chi connectivity index (χ4n) is 2.76. The van der Waals surface area contributed by atoms with Crippen molar-refractivity contribution in [1.29, 1.82) is 0 Å². The number of hydrogen-bond donors (Lipinski definition) is 0. The molecule has 0 saturated heterocycles. The molecule has 20 heavy (non-hydrogen) atoms. The molecule has 1 aliphatic heterocycles. The predicted octanol–water partition coefficient (Wildman–Crippen LogP) is 4.37. The third-order valence-corrected chi connectivity index (χ3v) is 19.6. The van der Waals surface area contributed by atoms with Crippen molar-refractivity contribution in [3.63, 3.8) is 0 Å². The Hall–Kier alpha value is 0.429. The van der Waals surface area contributed by atoms with Crippen LogP contribution in [0.4, 0.5) is 0 Å². The van der Waals surface area contributed by atoms with Gasteiger partial charge in [0.15, 0.2) is 0 Å². The molecule has 1 aliphatic rings. The van der Waals surface area contributed by atoms with Crippen LogP contribution in [0, 0.1) is 6.92 Å². The second-order valence-corrected chi connectivity index (χ2v) is 27.9. The summed E-state index contributed by atoms with van der Waals surface area (Å²) in [6.07, 6.45) is 0. The van der Waals surface area contributed by atoms with Crippen molar-refractivity contribution in [2.45, 2.75) is 41.2 Å². The van der Waals surface area contributed by atoms with Gasteiger partial charge in [0.1, 0.15) is 0 Å². The molecule has 0 aromatic carbocycles. The second kappa shape index (κ2) is 4.71. The third-order valence-electron chi connectivity index (χ3n) is 3.94. The number of rotatable bonds is 2. The zero-order valence-corrected chi connectivity index (χ0v) is 18.3. The molecule has 0 saturated carbocycles. The SMILES string of the molecule is Cc1cc2c(s1)-c1s[c]([Sn]([CH3])([CH3])[CH3])cc1P2(=O)C(C)C. The molecule has 3 heterocycles. The quantitative estimate of drug-likeness (QED) is 0.510. The summed E-state index contributed by atoms with van der Waals surface area (Å²) in [5.41, 5.74) is 0.203. The topological polar surface area (TPSA) is 17.1 Å². The van der Waals surface area contributed by atoms with Crippen LogP contribution >= 0.6 is 29.8 Å². The standard InChI is InChI=1S/C12H12OPS2.3CH3.Sn/c1-7(2)14(13)9-4-5-15-11(9)12-10(14)6-8(3)16-12;;;;/h4,6-7H,1-3H3;3*1H3;. The number of hydrogen-bond acceptors (Lipinski definition) is 3. The van der Waals surface area contributed by atoms with Crippen LogP contribution in [0.25, 0.3) is 9.75 Å². The van der Waals surface area contributed by atoms with E-state index in [4.69, 9.17) is 0 Å². The van der Waals surface area contributed by atoms with Gasteiger partial charge in [-0.05, 0) is 0 Å². The van der Waals surface area contributed by atoms with Crippen molar-refractivity contribution < 1.29 is 4.57 Å². The van der Waals surface area contributed by atoms with E-state index in [0.717, 1.165) is 5.30 Å². The monoisotopic (exact) mass is 432 g/mol. The van der Waals surface area contributed by atoms with E-state index in [0.29, 0.717) is 0 Å². The van der Waals surface area contributed by atoms with E-state index in [2.05, 4.69) is 47.7 Å². The van der Waals surface area contributed by atoms with Gasteiger partial charge in [-0.25, -0.2) is 0 Å². The molecular formula is C15H21OPS2Sn. The van der Waals surface area contributed by atoms with Gasteiger partial charge in [0.05, 0.1) is 0 Å². The normalized spacial score (nSPS) is 21.4. The first-order valence-electron chi connectivity index (χ1n) is 7.01. The summed E-state index contributed by atoms with van der Waals surface area (Å²) in [7, 11) is -2.40. The molecule has 5 heteroatoms. The van der Waals surface area contributed by atoms with Gasteiger partial charge in [0.2, 0.25) is 0 Å². The van der Waals surface area contributed by atoms with Crippen molar-refractivity contribution in [2.24, 2.45) is 0 Å². The average molecular weight is 431 g/mol. The summed E-state index contributed by atoms with van der Waals surface area (Å²) in [5.74, 6) is 0. The van der Waals surface area contributed by atoms with E-state index in [9.17, 15) is 4.57 Å². The summed E-state index contributed by atoms with van der Waals surface area (Å²) < 4.78 is 15.3. The molecule has 0 bridgehead atoms. The summed E-state index contributed by atoms with van der Waals surface area (Å²) in [6.45, 7) is 6.36. The zero-order chi connectivity index (χ0) is 14.9. The maximum atomic E-state index is 13.7. The van der Waals surface area contributed by atoms with Crippen molar-refractivity contribution in [3.05, 3.63) is 17.0 Å². The van der Waals surface area contributed by atoms with Gasteiger partial charge in [-0.1, -0.05) is 0 Å². The van der Waals surface area contributed by atoms with Gasteiger partial charge in [-0.3, -0.25) is 0 Å². The van der Waals surface area contributed by atoms with E-state index in [1.165, 1.54) is 19.9 Å². The van der Waals surface area contributed by atoms with Gasteiger partial charge < -0.3 is 0 Å². The Morgan fingerprint density at radius 2 is 1.60 bits per heavy atom. The van der Waals surface area contributed by atoms with Crippen LogP contribution in [0.3, 0.4) is 0 Å². The van der Waals surface area contributed by atoms with Crippen LogP contribution in [-0.2, 0) is 4.57 Å². The minimum atomic E-state index is -2.40. The number of aryl methyl sites for hydroxylation is 1. The van der Waals surface area contributed by atoms with Crippen molar-refractivity contribution in [1.82, 2.24) is 0 Å². The van der Waals surface area contributed by atoms with Crippen LogP contribution in [-0.4, -0.2) is 24.0 Å². The fraction of sp³-hybridized carbons (Fsp3) is 0.467. The maximum absolute atomic E-state index is 13.7. The molecule has 0 radical (unpaired) electrons. The van der Waals surface area contributed by atoms with Crippen molar-refractivity contribution in [2.75, 3.05) is 0 Å². The van der Waals surface area contributed by atoms with Crippen molar-refractivity contribution in [3.8, 4) is 9.75 Å². The Morgan fingerprint density at radius 1 is 1.05 bits per heavy atom. The second-order valence-electron chi connectivity index (χ2n) is 6.90. The first kappa shape index (κ1) is 15.3. The molecule has 108 valence electrons. The summed E-state index contributed by atoms with van der Waals surface area (Å²) in [4.78, 5) is 11.2. The van der Waals surface area contributed by atoms with Crippen LogP contribution in [0.15, 0.2) is 12.1 Å². The number of fused-ring (bicyclic) bond motifs is 3. The molecule has 1 nitrogen and oxygen atoms in total. The van der Waals surface area contributed by atoms with E-state index >= 15 is 0 Å². The minimum absolute atomic E-state index is 0.203. The van der Waals surface area contributed by atoms with Gasteiger partial charge >= 0.3 is 134 Å². The molecule has 1 unspecified atom stereocenters. The van der Waals surface area contributed by atoms with Gasteiger partial charge in [0, 0.05) is 0 Å². The first-order chi connectivity index (χ1) is 9.15. The molecule has 0 amide bonds. The Bertz CT molecular complexity index is 734. The summed E-state index contributed by atoms with van der Waals surface area (Å²) in [6, 6.07) is 4.49. The van der Waals surface area contributed by atoms with Gasteiger partial charge in [0.25, 0.3) is 0 Å². The number of thiophene rings is 2. The predicted molar refractivity (Wildman–Crippen MR) is 97.4 cm³/mol. The molecule has 3 rings (SSSR count). The molecule has 0 fully saturated rings. The summed E-state index contributed by atoms with van der Waals surface area (Å²) >= 11 is 1.68. The molecule has 1 atom stereocenters. The van der Waals surface area contributed by atoms with Crippen LogP contribution in [0.2, 0.25) is 14.8 Å². The fourth-order valence-corrected chi connectivity index (χ4v) is 14.7. The van der Waals surface area contributed by atoms with Crippen LogP contribution in [0.1, 0.15) is 18.7 Å². The molecule has 0 spiro atoms. The van der Waals surface area contributed by atoms with Gasteiger partial charge in [-0.15, -0.1) is 0 Å².